The van der Waals surface area contributed by atoms with Crippen molar-refractivity contribution in [1.29, 1.82) is 0 Å². The van der Waals surface area contributed by atoms with Crippen LogP contribution in [0.3, 0.4) is 0 Å². The van der Waals surface area contributed by atoms with Gasteiger partial charge in [-0.25, -0.2) is 0 Å². The van der Waals surface area contributed by atoms with Crippen molar-refractivity contribution in [3.8, 4) is 0 Å². The Balaban J connectivity index is 1.77. The first-order chi connectivity index (χ1) is 7.45. The highest BCUT2D eigenvalue weighted by atomic mass is 16.3. The molecule has 2 heterocycles. The molecule has 1 aromatic rings. The van der Waals surface area contributed by atoms with E-state index in [1.165, 1.54) is 31.5 Å². The fourth-order valence-electron chi connectivity index (χ4n) is 2.60. The van der Waals surface area contributed by atoms with E-state index in [9.17, 15) is 0 Å². The summed E-state index contributed by atoms with van der Waals surface area (Å²) in [5, 5.41) is 3.41. The summed E-state index contributed by atoms with van der Waals surface area (Å²) < 4.78 is 5.22. The zero-order valence-electron chi connectivity index (χ0n) is 8.98. The summed E-state index contributed by atoms with van der Waals surface area (Å²) in [4.78, 5) is 2.61. The summed E-state index contributed by atoms with van der Waals surface area (Å²) in [6, 6.07) is 2.75. The van der Waals surface area contributed by atoms with Crippen molar-refractivity contribution in [3.05, 3.63) is 24.2 Å². The molecule has 1 aromatic heterocycles. The molecule has 15 heavy (non-hydrogen) atoms. The van der Waals surface area contributed by atoms with E-state index in [0.717, 1.165) is 19.0 Å². The van der Waals surface area contributed by atoms with E-state index in [1.54, 1.807) is 6.26 Å². The Morgan fingerprint density at radius 3 is 2.73 bits per heavy atom. The fourth-order valence-corrected chi connectivity index (χ4v) is 2.60. The van der Waals surface area contributed by atoms with Gasteiger partial charge >= 0.3 is 0 Å². The molecule has 0 bridgehead atoms. The molecule has 1 aliphatic heterocycles. The standard InChI is InChI=1S/C12H18N2O/c1-2-10(1)12(11-3-8-15-9-11)14-6-4-13-5-7-14/h3,8-10,12-13H,1-2,4-7H2/t12-/m0/s1. The molecule has 1 N–H and O–H groups in total. The average molecular weight is 206 g/mol. The van der Waals surface area contributed by atoms with Crippen molar-refractivity contribution in [2.24, 2.45) is 5.92 Å². The Morgan fingerprint density at radius 2 is 2.13 bits per heavy atom. The molecule has 1 atom stereocenters. The summed E-state index contributed by atoms with van der Waals surface area (Å²) in [5.41, 5.74) is 1.37. The van der Waals surface area contributed by atoms with E-state index >= 15 is 0 Å². The second-order valence-corrected chi connectivity index (χ2v) is 4.62. The minimum absolute atomic E-state index is 0.617. The SMILES string of the molecule is c1cc([C@H](C2CC2)N2CCNCC2)co1. The van der Waals surface area contributed by atoms with Gasteiger partial charge in [-0.3, -0.25) is 4.90 Å². The lowest BCUT2D eigenvalue weighted by molar-refractivity contribution is 0.155. The van der Waals surface area contributed by atoms with Crippen molar-refractivity contribution in [2.45, 2.75) is 18.9 Å². The molecule has 3 rings (SSSR count). The molecule has 1 aliphatic carbocycles. The number of piperazine rings is 1. The van der Waals surface area contributed by atoms with E-state index in [1.807, 2.05) is 6.26 Å². The van der Waals surface area contributed by atoms with Gasteiger partial charge in [0.05, 0.1) is 12.5 Å². The Labute approximate surface area is 90.4 Å². The third-order valence-corrected chi connectivity index (χ3v) is 3.50. The monoisotopic (exact) mass is 206 g/mol. The molecule has 0 unspecified atom stereocenters. The number of hydrogen-bond acceptors (Lipinski definition) is 3. The molecule has 0 radical (unpaired) electrons. The molecule has 0 amide bonds. The van der Waals surface area contributed by atoms with Crippen LogP contribution < -0.4 is 5.32 Å². The Kier molecular flexibility index (Phi) is 2.51. The van der Waals surface area contributed by atoms with Crippen molar-refractivity contribution >= 4 is 0 Å². The van der Waals surface area contributed by atoms with Gasteiger partial charge in [0.1, 0.15) is 0 Å². The minimum atomic E-state index is 0.617. The summed E-state index contributed by atoms with van der Waals surface area (Å²) in [6.07, 6.45) is 6.50. The van der Waals surface area contributed by atoms with Crippen LogP contribution in [0.2, 0.25) is 0 Å². The Morgan fingerprint density at radius 1 is 1.33 bits per heavy atom. The highest BCUT2D eigenvalue weighted by Crippen LogP contribution is 2.44. The van der Waals surface area contributed by atoms with Gasteiger partial charge in [-0.15, -0.1) is 0 Å². The zero-order valence-corrected chi connectivity index (χ0v) is 8.98. The second-order valence-electron chi connectivity index (χ2n) is 4.62. The average Bonchev–Trinajstić information content (AvgIpc) is 2.96. The van der Waals surface area contributed by atoms with Crippen molar-refractivity contribution in [2.75, 3.05) is 26.2 Å². The predicted molar refractivity (Wildman–Crippen MR) is 58.6 cm³/mol. The molecule has 82 valence electrons. The molecule has 3 nitrogen and oxygen atoms in total. The molecule has 0 spiro atoms. The summed E-state index contributed by atoms with van der Waals surface area (Å²) in [5.74, 6) is 0.876. The Hall–Kier alpha value is -0.800. The van der Waals surface area contributed by atoms with Crippen LogP contribution in [0.5, 0.6) is 0 Å². The lowest BCUT2D eigenvalue weighted by Gasteiger charge is -2.34. The summed E-state index contributed by atoms with van der Waals surface area (Å²) in [7, 11) is 0. The van der Waals surface area contributed by atoms with E-state index in [4.69, 9.17) is 4.42 Å². The van der Waals surface area contributed by atoms with Crippen LogP contribution in [-0.4, -0.2) is 31.1 Å². The smallest absolute Gasteiger partial charge is 0.0950 e. The number of nitrogens with one attached hydrogen (secondary N) is 1. The minimum Gasteiger partial charge on any atom is -0.472 e. The normalized spacial score (nSPS) is 25.3. The van der Waals surface area contributed by atoms with Crippen molar-refractivity contribution in [1.82, 2.24) is 10.2 Å². The van der Waals surface area contributed by atoms with Crippen LogP contribution in [0.25, 0.3) is 0 Å². The quantitative estimate of drug-likeness (QED) is 0.815. The van der Waals surface area contributed by atoms with E-state index in [0.29, 0.717) is 6.04 Å². The van der Waals surface area contributed by atoms with Crippen molar-refractivity contribution in [3.63, 3.8) is 0 Å². The molecule has 2 aliphatic rings. The topological polar surface area (TPSA) is 28.4 Å². The van der Waals surface area contributed by atoms with E-state index in [-0.39, 0.29) is 0 Å². The van der Waals surface area contributed by atoms with Gasteiger partial charge in [0.2, 0.25) is 0 Å². The number of furan rings is 1. The second kappa shape index (κ2) is 3.99. The van der Waals surface area contributed by atoms with Crippen LogP contribution in [0.1, 0.15) is 24.4 Å². The van der Waals surface area contributed by atoms with Gasteiger partial charge in [0, 0.05) is 37.8 Å². The van der Waals surface area contributed by atoms with Gasteiger partial charge in [0.25, 0.3) is 0 Å². The summed E-state index contributed by atoms with van der Waals surface area (Å²) in [6.45, 7) is 4.60. The maximum Gasteiger partial charge on any atom is 0.0950 e. The molecule has 1 saturated heterocycles. The lowest BCUT2D eigenvalue weighted by atomic mass is 10.0. The zero-order chi connectivity index (χ0) is 10.1. The number of nitrogens with zero attached hydrogens (tertiary/aromatic N) is 1. The highest BCUT2D eigenvalue weighted by molar-refractivity contribution is 5.15. The first-order valence-electron chi connectivity index (χ1n) is 5.92. The van der Waals surface area contributed by atoms with Crippen LogP contribution >= 0.6 is 0 Å². The summed E-state index contributed by atoms with van der Waals surface area (Å²) >= 11 is 0. The molecular formula is C12H18N2O. The van der Waals surface area contributed by atoms with Gasteiger partial charge < -0.3 is 9.73 Å². The van der Waals surface area contributed by atoms with Crippen LogP contribution in [-0.2, 0) is 0 Å². The maximum absolute atomic E-state index is 5.22. The lowest BCUT2D eigenvalue weighted by Crippen LogP contribution is -2.45. The predicted octanol–water partition coefficient (Wildman–Crippen LogP) is 1.64. The third-order valence-electron chi connectivity index (χ3n) is 3.50. The Bertz CT molecular complexity index is 299. The van der Waals surface area contributed by atoms with Gasteiger partial charge in [0.15, 0.2) is 0 Å². The molecule has 1 saturated carbocycles. The van der Waals surface area contributed by atoms with Gasteiger partial charge in [-0.1, -0.05) is 0 Å². The van der Waals surface area contributed by atoms with Crippen molar-refractivity contribution < 1.29 is 4.42 Å². The number of hydrogen-bond donors (Lipinski definition) is 1. The maximum atomic E-state index is 5.22. The highest BCUT2D eigenvalue weighted by Gasteiger charge is 2.37. The molecule has 3 heteroatoms. The van der Waals surface area contributed by atoms with Gasteiger partial charge in [-0.2, -0.15) is 0 Å². The van der Waals surface area contributed by atoms with E-state index < -0.39 is 0 Å². The third kappa shape index (κ3) is 1.94. The van der Waals surface area contributed by atoms with Crippen LogP contribution in [0, 0.1) is 5.92 Å². The first-order valence-corrected chi connectivity index (χ1v) is 5.92. The largest absolute Gasteiger partial charge is 0.472 e. The first kappa shape index (κ1) is 9.43. The van der Waals surface area contributed by atoms with Gasteiger partial charge in [-0.05, 0) is 24.8 Å². The molecule has 2 fully saturated rings. The fraction of sp³-hybridized carbons (Fsp3) is 0.667. The number of rotatable bonds is 3. The van der Waals surface area contributed by atoms with E-state index in [2.05, 4.69) is 16.3 Å². The van der Waals surface area contributed by atoms with Crippen LogP contribution in [0.15, 0.2) is 23.0 Å². The molecule has 0 aromatic carbocycles. The molecular weight excluding hydrogens is 188 g/mol. The van der Waals surface area contributed by atoms with Crippen LogP contribution in [0.4, 0.5) is 0 Å².